The number of rotatable bonds is 8. The highest BCUT2D eigenvalue weighted by Gasteiger charge is 2.48. The standard InChI is InChI=1S/C25H27F2N5O6/c1-28-9-20(33)37-13-38-23-21-25(36)32-10-16-3-2-6-31(16)19(32)12-30(21)11-17(22(23)34)24(35)29-8-14-4-5-15(26)7-18(14)27/h4-5,7,11,16,19,28H,2-3,6,8-10,12-13H2,1H3,(H,29,35)/t16?,19-/m0/s1. The maximum Gasteiger partial charge on any atom is 0.322 e. The summed E-state index contributed by atoms with van der Waals surface area (Å²) in [6.45, 7) is 0.652. The Morgan fingerprint density at radius 1 is 1.18 bits per heavy atom. The van der Waals surface area contributed by atoms with Gasteiger partial charge in [-0.15, -0.1) is 0 Å². The van der Waals surface area contributed by atoms with Crippen LogP contribution in [0.4, 0.5) is 8.78 Å². The minimum absolute atomic E-state index is 0.0294. The van der Waals surface area contributed by atoms with Crippen LogP contribution in [0.15, 0.2) is 29.2 Å². The van der Waals surface area contributed by atoms with E-state index < -0.39 is 47.4 Å². The van der Waals surface area contributed by atoms with Gasteiger partial charge in [0.2, 0.25) is 18.0 Å². The van der Waals surface area contributed by atoms with Crippen LogP contribution in [0.2, 0.25) is 0 Å². The van der Waals surface area contributed by atoms with Gasteiger partial charge in [-0.05, 0) is 26.0 Å². The Bertz CT molecular complexity index is 1350. The van der Waals surface area contributed by atoms with Crippen molar-refractivity contribution < 1.29 is 32.6 Å². The summed E-state index contributed by atoms with van der Waals surface area (Å²) < 4.78 is 39.2. The van der Waals surface area contributed by atoms with Crippen LogP contribution in [-0.4, -0.2) is 77.8 Å². The number of pyridine rings is 1. The fraction of sp³-hybridized carbons (Fsp3) is 0.440. The average Bonchev–Trinajstić information content (AvgIpc) is 3.47. The predicted molar refractivity (Wildman–Crippen MR) is 128 cm³/mol. The van der Waals surface area contributed by atoms with Gasteiger partial charge in [-0.2, -0.15) is 0 Å². The van der Waals surface area contributed by atoms with Gasteiger partial charge in [0.15, 0.2) is 5.69 Å². The van der Waals surface area contributed by atoms with Crippen LogP contribution in [0.5, 0.6) is 5.75 Å². The lowest BCUT2D eigenvalue weighted by atomic mass is 10.1. The highest BCUT2D eigenvalue weighted by atomic mass is 19.1. The smallest absolute Gasteiger partial charge is 0.322 e. The molecule has 2 fully saturated rings. The summed E-state index contributed by atoms with van der Waals surface area (Å²) in [5.41, 5.74) is -1.20. The first-order valence-electron chi connectivity index (χ1n) is 12.3. The van der Waals surface area contributed by atoms with Crippen molar-refractivity contribution in [1.29, 1.82) is 0 Å². The first kappa shape index (κ1) is 25.8. The zero-order valence-electron chi connectivity index (χ0n) is 20.7. The van der Waals surface area contributed by atoms with E-state index in [1.807, 2.05) is 0 Å². The molecule has 3 aliphatic rings. The fourth-order valence-electron chi connectivity index (χ4n) is 5.29. The van der Waals surface area contributed by atoms with E-state index in [1.54, 1.807) is 11.9 Å². The van der Waals surface area contributed by atoms with Crippen molar-refractivity contribution in [3.63, 3.8) is 0 Å². The number of likely N-dealkylation sites (N-methyl/N-ethyl adjacent to an activating group) is 1. The molecule has 0 spiro atoms. The van der Waals surface area contributed by atoms with E-state index in [-0.39, 0.29) is 42.1 Å². The quantitative estimate of drug-likeness (QED) is 0.371. The maximum absolute atomic E-state index is 14.0. The summed E-state index contributed by atoms with van der Waals surface area (Å²) in [5.74, 6) is -3.88. The first-order chi connectivity index (χ1) is 18.3. The Hall–Kier alpha value is -3.84. The van der Waals surface area contributed by atoms with E-state index in [0.29, 0.717) is 19.2 Å². The topological polar surface area (TPSA) is 122 Å². The molecule has 0 bridgehead atoms. The summed E-state index contributed by atoms with van der Waals surface area (Å²) in [6, 6.07) is 3.18. The fourth-order valence-corrected chi connectivity index (χ4v) is 5.29. The summed E-state index contributed by atoms with van der Waals surface area (Å²) in [6.07, 6.45) is 3.06. The third-order valence-electron chi connectivity index (χ3n) is 7.08. The van der Waals surface area contributed by atoms with Gasteiger partial charge in [0.05, 0.1) is 13.1 Å². The van der Waals surface area contributed by atoms with Crippen LogP contribution in [0, 0.1) is 11.6 Å². The molecule has 0 aliphatic carbocycles. The molecule has 2 atom stereocenters. The molecule has 13 heteroatoms. The molecule has 38 heavy (non-hydrogen) atoms. The number of ether oxygens (including phenoxy) is 2. The number of esters is 1. The third kappa shape index (κ3) is 4.74. The molecule has 11 nitrogen and oxygen atoms in total. The minimum Gasteiger partial charge on any atom is -0.451 e. The van der Waals surface area contributed by atoms with Crippen molar-refractivity contribution in [2.45, 2.75) is 38.1 Å². The average molecular weight is 532 g/mol. The number of benzene rings is 1. The molecule has 2 saturated heterocycles. The number of nitrogens with one attached hydrogen (secondary N) is 2. The number of fused-ring (bicyclic) bond motifs is 4. The Kier molecular flexibility index (Phi) is 7.13. The van der Waals surface area contributed by atoms with Crippen molar-refractivity contribution in [2.75, 3.05) is 33.5 Å². The van der Waals surface area contributed by atoms with Crippen molar-refractivity contribution >= 4 is 17.8 Å². The predicted octanol–water partition coefficient (Wildman–Crippen LogP) is 0.415. The van der Waals surface area contributed by atoms with Gasteiger partial charge < -0.3 is 29.6 Å². The van der Waals surface area contributed by atoms with Crippen LogP contribution in [0.25, 0.3) is 0 Å². The SMILES string of the molecule is CNCC(=O)OCOc1c2n(cc(C(=O)NCc3ccc(F)cc3F)c1=O)C[C@@H]1N(CC3CCCN31)C2=O. The number of halogens is 2. The molecule has 2 N–H and O–H groups in total. The zero-order chi connectivity index (χ0) is 27.0. The number of hydrogen-bond donors (Lipinski definition) is 2. The monoisotopic (exact) mass is 531 g/mol. The second-order valence-electron chi connectivity index (χ2n) is 9.40. The second kappa shape index (κ2) is 10.5. The van der Waals surface area contributed by atoms with Gasteiger partial charge in [-0.1, -0.05) is 6.07 Å². The number of hydrogen-bond acceptors (Lipinski definition) is 8. The van der Waals surface area contributed by atoms with Gasteiger partial charge in [-0.3, -0.25) is 24.1 Å². The van der Waals surface area contributed by atoms with E-state index in [1.165, 1.54) is 16.8 Å². The van der Waals surface area contributed by atoms with E-state index >= 15 is 0 Å². The van der Waals surface area contributed by atoms with Crippen molar-refractivity contribution in [2.24, 2.45) is 0 Å². The molecule has 1 aromatic carbocycles. The summed E-state index contributed by atoms with van der Waals surface area (Å²) >= 11 is 0. The molecule has 0 saturated carbocycles. The van der Waals surface area contributed by atoms with E-state index in [4.69, 9.17) is 9.47 Å². The van der Waals surface area contributed by atoms with Crippen LogP contribution in [0.3, 0.4) is 0 Å². The Labute approximate surface area is 216 Å². The molecule has 2 amide bonds. The van der Waals surface area contributed by atoms with Gasteiger partial charge in [-0.25, -0.2) is 8.78 Å². The molecule has 1 aromatic heterocycles. The van der Waals surface area contributed by atoms with E-state index in [0.717, 1.165) is 25.5 Å². The number of carbonyl (C=O) groups excluding carboxylic acids is 3. The molecule has 5 rings (SSSR count). The molecule has 2 aromatic rings. The zero-order valence-corrected chi connectivity index (χ0v) is 20.7. The van der Waals surface area contributed by atoms with Crippen LogP contribution >= 0.6 is 0 Å². The Morgan fingerprint density at radius 3 is 2.76 bits per heavy atom. The van der Waals surface area contributed by atoms with Crippen molar-refractivity contribution in [3.8, 4) is 5.75 Å². The lowest BCUT2D eigenvalue weighted by Gasteiger charge is -2.36. The lowest BCUT2D eigenvalue weighted by Crippen LogP contribution is -2.50. The lowest BCUT2D eigenvalue weighted by molar-refractivity contribution is -0.149. The summed E-state index contributed by atoms with van der Waals surface area (Å²) in [7, 11) is 1.56. The van der Waals surface area contributed by atoms with Gasteiger partial charge in [0.25, 0.3) is 11.8 Å². The van der Waals surface area contributed by atoms with E-state index in [9.17, 15) is 28.0 Å². The number of amides is 2. The second-order valence-corrected chi connectivity index (χ2v) is 9.40. The third-order valence-corrected chi connectivity index (χ3v) is 7.08. The summed E-state index contributed by atoms with van der Waals surface area (Å²) in [4.78, 5) is 55.6. The highest BCUT2D eigenvalue weighted by Crippen LogP contribution is 2.35. The molecule has 202 valence electrons. The molecule has 1 unspecified atom stereocenters. The van der Waals surface area contributed by atoms with Gasteiger partial charge >= 0.3 is 5.97 Å². The number of aromatic nitrogens is 1. The maximum atomic E-state index is 14.0. The Morgan fingerprint density at radius 2 is 2.00 bits per heavy atom. The minimum atomic E-state index is -0.871. The summed E-state index contributed by atoms with van der Waals surface area (Å²) in [5, 5.41) is 5.09. The van der Waals surface area contributed by atoms with Crippen molar-refractivity contribution in [1.82, 2.24) is 25.0 Å². The molecule has 0 radical (unpaired) electrons. The van der Waals surface area contributed by atoms with Gasteiger partial charge in [0, 0.05) is 43.5 Å². The first-order valence-corrected chi connectivity index (χ1v) is 12.3. The van der Waals surface area contributed by atoms with Crippen molar-refractivity contribution in [3.05, 3.63) is 63.1 Å². The molecule has 3 aliphatic heterocycles. The highest BCUT2D eigenvalue weighted by molar-refractivity contribution is 5.99. The number of carbonyl (C=O) groups is 3. The Balaban J connectivity index is 1.45. The van der Waals surface area contributed by atoms with Crippen LogP contribution in [-0.2, 0) is 22.6 Å². The normalized spacial score (nSPS) is 20.1. The molecule has 4 heterocycles. The molecular formula is C25H27F2N5O6. The largest absolute Gasteiger partial charge is 0.451 e. The number of nitrogens with zero attached hydrogens (tertiary/aromatic N) is 3. The van der Waals surface area contributed by atoms with Crippen LogP contribution < -0.4 is 20.8 Å². The van der Waals surface area contributed by atoms with E-state index in [2.05, 4.69) is 15.5 Å². The van der Waals surface area contributed by atoms with Gasteiger partial charge in [0.1, 0.15) is 23.4 Å². The van der Waals surface area contributed by atoms with Crippen LogP contribution in [0.1, 0.15) is 39.3 Å². The molecular weight excluding hydrogens is 504 g/mol.